The molecule has 0 saturated carbocycles. The van der Waals surface area contributed by atoms with E-state index in [2.05, 4.69) is 33.0 Å². The van der Waals surface area contributed by atoms with E-state index >= 15 is 0 Å². The van der Waals surface area contributed by atoms with Crippen molar-refractivity contribution in [2.24, 2.45) is 0 Å². The molecule has 0 saturated heterocycles. The zero-order valence-electron chi connectivity index (χ0n) is 13.3. The highest BCUT2D eigenvalue weighted by Gasteiger charge is 2.40. The molecule has 19 heavy (non-hydrogen) atoms. The Labute approximate surface area is 120 Å². The molecule has 5 heteroatoms. The van der Waals surface area contributed by atoms with Crippen molar-refractivity contribution in [3.8, 4) is 0 Å². The van der Waals surface area contributed by atoms with Crippen molar-refractivity contribution in [3.05, 3.63) is 0 Å². The number of hydrogen-bond donors (Lipinski definition) is 1. The molecular formula is C14H33NO3Si. The average Bonchev–Trinajstić information content (AvgIpc) is 2.44. The summed E-state index contributed by atoms with van der Waals surface area (Å²) in [5, 5.41) is 3.34. The summed E-state index contributed by atoms with van der Waals surface area (Å²) in [5.74, 6) is 0. The summed E-state index contributed by atoms with van der Waals surface area (Å²) in [7, 11) is -2.45. The van der Waals surface area contributed by atoms with Gasteiger partial charge in [-0.25, -0.2) is 0 Å². The van der Waals surface area contributed by atoms with E-state index in [0.717, 1.165) is 64.6 Å². The Bertz CT molecular complexity index is 172. The molecule has 1 N–H and O–H groups in total. The predicted octanol–water partition coefficient (Wildman–Crippen LogP) is 3.20. The smallest absolute Gasteiger partial charge is 0.373 e. The maximum atomic E-state index is 6.03. The van der Waals surface area contributed by atoms with Crippen LogP contribution in [-0.4, -0.2) is 41.7 Å². The van der Waals surface area contributed by atoms with Crippen LogP contribution in [0.3, 0.4) is 0 Å². The van der Waals surface area contributed by atoms with Gasteiger partial charge in [0, 0.05) is 25.9 Å². The van der Waals surface area contributed by atoms with E-state index in [4.69, 9.17) is 13.3 Å². The second kappa shape index (κ2) is 13.1. The van der Waals surface area contributed by atoms with Gasteiger partial charge in [-0.2, -0.15) is 0 Å². The molecule has 116 valence electrons. The monoisotopic (exact) mass is 291 g/mol. The minimum absolute atomic E-state index is 0.737. The molecule has 4 nitrogen and oxygen atoms in total. The topological polar surface area (TPSA) is 39.7 Å². The second-order valence-corrected chi connectivity index (χ2v) is 7.42. The molecule has 0 aliphatic rings. The van der Waals surface area contributed by atoms with Gasteiger partial charge in [-0.3, -0.25) is 0 Å². The first-order valence-corrected chi connectivity index (χ1v) is 9.80. The molecule has 0 rings (SSSR count). The molecule has 0 aliphatic carbocycles. The van der Waals surface area contributed by atoms with E-state index in [9.17, 15) is 0 Å². The fraction of sp³-hybridized carbons (Fsp3) is 1.00. The lowest BCUT2D eigenvalue weighted by molar-refractivity contribution is 0.0588. The molecule has 0 aromatic heterocycles. The Morgan fingerprint density at radius 1 is 0.789 bits per heavy atom. The van der Waals surface area contributed by atoms with Crippen LogP contribution in [0.4, 0.5) is 0 Å². The van der Waals surface area contributed by atoms with Gasteiger partial charge in [0.1, 0.15) is 0 Å². The van der Waals surface area contributed by atoms with Gasteiger partial charge in [0.25, 0.3) is 0 Å². The summed E-state index contributed by atoms with van der Waals surface area (Å²) in [6.07, 6.45) is 4.07. The predicted molar refractivity (Wildman–Crippen MR) is 82.5 cm³/mol. The van der Waals surface area contributed by atoms with Gasteiger partial charge < -0.3 is 18.6 Å². The maximum Gasteiger partial charge on any atom is 0.501 e. The SMILES string of the molecule is CCCO[Si](CCCNCC)(OCCC)OCCC. The first-order chi connectivity index (χ1) is 9.24. The van der Waals surface area contributed by atoms with Crippen LogP contribution in [0.5, 0.6) is 0 Å². The van der Waals surface area contributed by atoms with Crippen molar-refractivity contribution >= 4 is 8.80 Å². The lowest BCUT2D eigenvalue weighted by Crippen LogP contribution is -2.47. The van der Waals surface area contributed by atoms with Crippen LogP contribution in [0.2, 0.25) is 6.04 Å². The summed E-state index contributed by atoms with van der Waals surface area (Å²) in [4.78, 5) is 0. The molecule has 0 radical (unpaired) electrons. The lowest BCUT2D eigenvalue weighted by Gasteiger charge is -2.29. The molecular weight excluding hydrogens is 258 g/mol. The number of rotatable bonds is 14. The normalized spacial score (nSPS) is 12.0. The Balaban J connectivity index is 4.38. The van der Waals surface area contributed by atoms with Gasteiger partial charge in [0.05, 0.1) is 0 Å². The van der Waals surface area contributed by atoms with Crippen molar-refractivity contribution in [1.82, 2.24) is 5.32 Å². The van der Waals surface area contributed by atoms with Gasteiger partial charge in [0.2, 0.25) is 0 Å². The molecule has 0 bridgehead atoms. The summed E-state index contributed by atoms with van der Waals surface area (Å²) in [6.45, 7) is 12.7. The van der Waals surface area contributed by atoms with Crippen LogP contribution < -0.4 is 5.32 Å². The molecule has 0 heterocycles. The lowest BCUT2D eigenvalue weighted by atomic mass is 10.5. The van der Waals surface area contributed by atoms with Gasteiger partial charge >= 0.3 is 8.80 Å². The zero-order chi connectivity index (χ0) is 14.4. The molecule has 0 spiro atoms. The van der Waals surface area contributed by atoms with Gasteiger partial charge in [-0.05, 0) is 38.8 Å². The van der Waals surface area contributed by atoms with Crippen LogP contribution in [0.1, 0.15) is 53.4 Å². The van der Waals surface area contributed by atoms with Crippen LogP contribution in [-0.2, 0) is 13.3 Å². The highest BCUT2D eigenvalue weighted by Crippen LogP contribution is 2.19. The Morgan fingerprint density at radius 2 is 1.26 bits per heavy atom. The molecule has 0 atom stereocenters. The van der Waals surface area contributed by atoms with Crippen LogP contribution in [0.15, 0.2) is 0 Å². The van der Waals surface area contributed by atoms with E-state index in [0.29, 0.717) is 0 Å². The van der Waals surface area contributed by atoms with E-state index < -0.39 is 8.80 Å². The minimum atomic E-state index is -2.45. The molecule has 0 aliphatic heterocycles. The summed E-state index contributed by atoms with van der Waals surface area (Å²) >= 11 is 0. The Hall–Kier alpha value is 0.0569. The third kappa shape index (κ3) is 9.57. The standard InChI is InChI=1S/C14H33NO3Si/c1-5-11-16-19(17-12-6-2,18-13-7-3)14-9-10-15-8-4/h15H,5-14H2,1-4H3. The number of hydrogen-bond acceptors (Lipinski definition) is 4. The van der Waals surface area contributed by atoms with E-state index in [1.807, 2.05) is 0 Å². The Kier molecular flexibility index (Phi) is 13.1. The van der Waals surface area contributed by atoms with Gasteiger partial charge in [-0.1, -0.05) is 27.7 Å². The van der Waals surface area contributed by atoms with Crippen LogP contribution in [0, 0.1) is 0 Å². The van der Waals surface area contributed by atoms with Crippen molar-refractivity contribution in [2.45, 2.75) is 59.4 Å². The molecule has 0 aromatic rings. The Morgan fingerprint density at radius 3 is 1.63 bits per heavy atom. The fourth-order valence-corrected chi connectivity index (χ4v) is 4.56. The van der Waals surface area contributed by atoms with E-state index in [1.165, 1.54) is 0 Å². The summed E-state index contributed by atoms with van der Waals surface area (Å²) < 4.78 is 18.1. The highest BCUT2D eigenvalue weighted by molar-refractivity contribution is 6.60. The molecule has 0 unspecified atom stereocenters. The quantitative estimate of drug-likeness (QED) is 0.394. The van der Waals surface area contributed by atoms with Crippen molar-refractivity contribution < 1.29 is 13.3 Å². The second-order valence-electron chi connectivity index (χ2n) is 4.69. The highest BCUT2D eigenvalue weighted by atomic mass is 28.4. The van der Waals surface area contributed by atoms with Gasteiger partial charge in [0.15, 0.2) is 0 Å². The molecule has 0 fully saturated rings. The number of nitrogens with one attached hydrogen (secondary N) is 1. The van der Waals surface area contributed by atoms with Crippen LogP contribution >= 0.6 is 0 Å². The van der Waals surface area contributed by atoms with Crippen molar-refractivity contribution in [3.63, 3.8) is 0 Å². The minimum Gasteiger partial charge on any atom is -0.373 e. The van der Waals surface area contributed by atoms with Gasteiger partial charge in [-0.15, -0.1) is 0 Å². The van der Waals surface area contributed by atoms with Crippen molar-refractivity contribution in [2.75, 3.05) is 32.9 Å². The maximum absolute atomic E-state index is 6.03. The molecule has 0 amide bonds. The third-order valence-electron chi connectivity index (χ3n) is 2.66. The fourth-order valence-electron chi connectivity index (χ4n) is 1.72. The average molecular weight is 292 g/mol. The van der Waals surface area contributed by atoms with Crippen molar-refractivity contribution in [1.29, 1.82) is 0 Å². The summed E-state index contributed by atoms with van der Waals surface area (Å²) in [6, 6.07) is 0.917. The first kappa shape index (κ1) is 19.1. The third-order valence-corrected chi connectivity index (χ3v) is 5.56. The molecule has 0 aromatic carbocycles. The van der Waals surface area contributed by atoms with Crippen LogP contribution in [0.25, 0.3) is 0 Å². The van der Waals surface area contributed by atoms with E-state index in [1.54, 1.807) is 0 Å². The summed E-state index contributed by atoms with van der Waals surface area (Å²) in [5.41, 5.74) is 0. The zero-order valence-corrected chi connectivity index (χ0v) is 14.3. The largest absolute Gasteiger partial charge is 0.501 e. The van der Waals surface area contributed by atoms with E-state index in [-0.39, 0.29) is 0 Å². The first-order valence-electron chi connectivity index (χ1n) is 7.87.